The average molecular weight is 228 g/mol. The molecule has 15 heavy (non-hydrogen) atoms. The minimum Gasteiger partial charge on any atom is -0.390 e. The molecule has 0 atom stereocenters. The van der Waals surface area contributed by atoms with Gasteiger partial charge in [0, 0.05) is 6.07 Å². The fourth-order valence-electron chi connectivity index (χ4n) is 1.12. The van der Waals surface area contributed by atoms with Crippen molar-refractivity contribution in [2.75, 3.05) is 0 Å². The van der Waals surface area contributed by atoms with E-state index in [1.54, 1.807) is 6.07 Å². The van der Waals surface area contributed by atoms with Crippen LogP contribution in [-0.2, 0) is 6.61 Å². The number of aliphatic hydroxyl groups is 1. The molecule has 0 amide bonds. The highest BCUT2D eigenvalue weighted by Gasteiger charge is 2.05. The van der Waals surface area contributed by atoms with Crippen LogP contribution in [0.5, 0.6) is 0 Å². The average Bonchev–Trinajstić information content (AvgIpc) is 2.70. The third kappa shape index (κ3) is 1.98. The van der Waals surface area contributed by atoms with E-state index >= 15 is 0 Å². The molecule has 0 fully saturated rings. The van der Waals surface area contributed by atoms with E-state index in [0.29, 0.717) is 11.4 Å². The molecule has 0 saturated carbocycles. The normalized spacial score (nSPS) is 10.6. The standard InChI is InChI=1S/C9H7ClFN3O/c10-8-2-1-7(3-9(8)11)14-4-6(5-15)12-13-14/h1-4,15H,5H2. The Morgan fingerprint density at radius 3 is 2.87 bits per heavy atom. The Hall–Kier alpha value is -1.46. The van der Waals surface area contributed by atoms with E-state index in [9.17, 15) is 4.39 Å². The Morgan fingerprint density at radius 1 is 1.47 bits per heavy atom. The number of aromatic nitrogens is 3. The van der Waals surface area contributed by atoms with Crippen molar-refractivity contribution in [1.82, 2.24) is 15.0 Å². The van der Waals surface area contributed by atoms with Gasteiger partial charge in [-0.05, 0) is 12.1 Å². The number of benzene rings is 1. The molecule has 1 N–H and O–H groups in total. The maximum absolute atomic E-state index is 13.1. The molecule has 6 heteroatoms. The van der Waals surface area contributed by atoms with Crippen LogP contribution in [0.1, 0.15) is 5.69 Å². The van der Waals surface area contributed by atoms with Crippen molar-refractivity contribution >= 4 is 11.6 Å². The highest BCUT2D eigenvalue weighted by molar-refractivity contribution is 6.30. The third-order valence-electron chi connectivity index (χ3n) is 1.87. The molecule has 2 aromatic rings. The van der Waals surface area contributed by atoms with Gasteiger partial charge in [-0.2, -0.15) is 0 Å². The lowest BCUT2D eigenvalue weighted by atomic mass is 10.3. The number of aliphatic hydroxyl groups excluding tert-OH is 1. The maximum Gasteiger partial charge on any atom is 0.143 e. The van der Waals surface area contributed by atoms with Crippen LogP contribution in [0, 0.1) is 5.82 Å². The van der Waals surface area contributed by atoms with Crippen molar-refractivity contribution in [2.45, 2.75) is 6.61 Å². The molecular formula is C9H7ClFN3O. The van der Waals surface area contributed by atoms with Gasteiger partial charge in [-0.3, -0.25) is 0 Å². The van der Waals surface area contributed by atoms with Gasteiger partial charge in [-0.15, -0.1) is 5.10 Å². The zero-order valence-electron chi connectivity index (χ0n) is 7.56. The smallest absolute Gasteiger partial charge is 0.143 e. The fraction of sp³-hybridized carbons (Fsp3) is 0.111. The molecule has 1 aromatic carbocycles. The van der Waals surface area contributed by atoms with Gasteiger partial charge in [-0.1, -0.05) is 16.8 Å². The van der Waals surface area contributed by atoms with Gasteiger partial charge in [0.15, 0.2) is 0 Å². The minimum absolute atomic E-state index is 0.0567. The highest BCUT2D eigenvalue weighted by Crippen LogP contribution is 2.17. The maximum atomic E-state index is 13.1. The highest BCUT2D eigenvalue weighted by atomic mass is 35.5. The molecule has 1 aromatic heterocycles. The lowest BCUT2D eigenvalue weighted by Gasteiger charge is -2.00. The predicted octanol–water partition coefficient (Wildman–Crippen LogP) is 1.55. The SMILES string of the molecule is OCc1cn(-c2ccc(Cl)c(F)c2)nn1. The molecular weight excluding hydrogens is 221 g/mol. The van der Waals surface area contributed by atoms with E-state index in [1.807, 2.05) is 0 Å². The van der Waals surface area contributed by atoms with Crippen molar-refractivity contribution in [3.05, 3.63) is 40.9 Å². The summed E-state index contributed by atoms with van der Waals surface area (Å²) in [6, 6.07) is 4.30. The number of halogens is 2. The Balaban J connectivity index is 2.40. The lowest BCUT2D eigenvalue weighted by Crippen LogP contribution is -1.95. The van der Waals surface area contributed by atoms with Gasteiger partial charge in [0.1, 0.15) is 11.5 Å². The summed E-state index contributed by atoms with van der Waals surface area (Å²) in [6.45, 7) is -0.198. The first-order valence-corrected chi connectivity index (χ1v) is 4.56. The molecule has 0 unspecified atom stereocenters. The number of hydrogen-bond acceptors (Lipinski definition) is 3. The molecule has 2 rings (SSSR count). The largest absolute Gasteiger partial charge is 0.390 e. The summed E-state index contributed by atoms with van der Waals surface area (Å²) in [5.41, 5.74) is 0.925. The van der Waals surface area contributed by atoms with Crippen LogP contribution in [0.25, 0.3) is 5.69 Å². The third-order valence-corrected chi connectivity index (χ3v) is 2.18. The van der Waals surface area contributed by atoms with Crippen LogP contribution in [0.15, 0.2) is 24.4 Å². The zero-order chi connectivity index (χ0) is 10.8. The second-order valence-corrected chi connectivity index (χ2v) is 3.32. The van der Waals surface area contributed by atoms with E-state index in [4.69, 9.17) is 16.7 Å². The minimum atomic E-state index is -0.518. The zero-order valence-corrected chi connectivity index (χ0v) is 8.32. The summed E-state index contributed by atoms with van der Waals surface area (Å²) in [7, 11) is 0. The van der Waals surface area contributed by atoms with Gasteiger partial charge in [0.2, 0.25) is 0 Å². The predicted molar refractivity (Wildman–Crippen MR) is 52.2 cm³/mol. The van der Waals surface area contributed by atoms with E-state index < -0.39 is 5.82 Å². The van der Waals surface area contributed by atoms with E-state index in [2.05, 4.69) is 10.3 Å². The van der Waals surface area contributed by atoms with Crippen molar-refractivity contribution in [3.63, 3.8) is 0 Å². The van der Waals surface area contributed by atoms with Crippen LogP contribution in [0.4, 0.5) is 4.39 Å². The molecule has 0 bridgehead atoms. The van der Waals surface area contributed by atoms with Gasteiger partial charge < -0.3 is 5.11 Å². The van der Waals surface area contributed by atoms with Gasteiger partial charge in [0.05, 0.1) is 23.5 Å². The number of hydrogen-bond donors (Lipinski definition) is 1. The lowest BCUT2D eigenvalue weighted by molar-refractivity contribution is 0.276. The molecule has 0 spiro atoms. The van der Waals surface area contributed by atoms with E-state index in [1.165, 1.54) is 23.0 Å². The number of rotatable bonds is 2. The van der Waals surface area contributed by atoms with Gasteiger partial charge >= 0.3 is 0 Å². The van der Waals surface area contributed by atoms with Crippen LogP contribution >= 0.6 is 11.6 Å². The van der Waals surface area contributed by atoms with Crippen LogP contribution in [0.2, 0.25) is 5.02 Å². The molecule has 4 nitrogen and oxygen atoms in total. The summed E-state index contributed by atoms with van der Waals surface area (Å²) < 4.78 is 14.5. The topological polar surface area (TPSA) is 50.9 Å². The first-order valence-electron chi connectivity index (χ1n) is 4.18. The first-order chi connectivity index (χ1) is 7.20. The Bertz CT molecular complexity index is 486. The second kappa shape index (κ2) is 3.96. The Labute approximate surface area is 89.9 Å². The van der Waals surface area contributed by atoms with Crippen LogP contribution in [0.3, 0.4) is 0 Å². The molecule has 0 radical (unpaired) electrons. The second-order valence-electron chi connectivity index (χ2n) is 2.91. The van der Waals surface area contributed by atoms with Gasteiger partial charge in [-0.25, -0.2) is 9.07 Å². The molecule has 0 aliphatic rings. The first kappa shape index (κ1) is 10.1. The molecule has 0 aliphatic heterocycles. The summed E-state index contributed by atoms with van der Waals surface area (Å²) >= 11 is 5.54. The van der Waals surface area contributed by atoms with Crippen molar-refractivity contribution in [1.29, 1.82) is 0 Å². The fourth-order valence-corrected chi connectivity index (χ4v) is 1.24. The van der Waals surface area contributed by atoms with E-state index in [0.717, 1.165) is 0 Å². The van der Waals surface area contributed by atoms with Gasteiger partial charge in [0.25, 0.3) is 0 Å². The van der Waals surface area contributed by atoms with Crippen LogP contribution < -0.4 is 0 Å². The van der Waals surface area contributed by atoms with E-state index in [-0.39, 0.29) is 11.6 Å². The Morgan fingerprint density at radius 2 is 2.27 bits per heavy atom. The summed E-state index contributed by atoms with van der Waals surface area (Å²) in [6.07, 6.45) is 1.52. The van der Waals surface area contributed by atoms with Crippen molar-refractivity contribution in [2.24, 2.45) is 0 Å². The summed E-state index contributed by atoms with van der Waals surface area (Å²) in [4.78, 5) is 0. The summed E-state index contributed by atoms with van der Waals surface area (Å²) in [5, 5.41) is 16.2. The molecule has 1 heterocycles. The Kier molecular flexibility index (Phi) is 2.66. The number of nitrogens with zero attached hydrogens (tertiary/aromatic N) is 3. The van der Waals surface area contributed by atoms with Crippen molar-refractivity contribution in [3.8, 4) is 5.69 Å². The molecule has 0 aliphatic carbocycles. The van der Waals surface area contributed by atoms with Crippen molar-refractivity contribution < 1.29 is 9.50 Å². The summed E-state index contributed by atoms with van der Waals surface area (Å²) in [5.74, 6) is -0.518. The molecule has 78 valence electrons. The molecule has 0 saturated heterocycles. The quantitative estimate of drug-likeness (QED) is 0.847. The van der Waals surface area contributed by atoms with Crippen LogP contribution in [-0.4, -0.2) is 20.1 Å². The monoisotopic (exact) mass is 227 g/mol.